The van der Waals surface area contributed by atoms with Gasteiger partial charge in [0.15, 0.2) is 0 Å². The maximum Gasteiger partial charge on any atom is 0.142 e. The van der Waals surface area contributed by atoms with E-state index in [1.807, 2.05) is 24.0 Å². The van der Waals surface area contributed by atoms with E-state index < -0.39 is 0 Å². The molecule has 1 N–H and O–H groups in total. The number of hydrogen-bond acceptors (Lipinski definition) is 2. The predicted molar refractivity (Wildman–Crippen MR) is 84.1 cm³/mol. The van der Waals surface area contributed by atoms with E-state index in [1.54, 1.807) is 6.07 Å². The van der Waals surface area contributed by atoms with Gasteiger partial charge in [-0.25, -0.2) is 4.39 Å². The Hall–Kier alpha value is -1.39. The maximum absolute atomic E-state index is 13.6. The SMILES string of the molecule is CCNC(Cc1cccc(F)c1Cl)c1cn(C)nc1CC. The molecule has 0 fully saturated rings. The van der Waals surface area contributed by atoms with Crippen LogP contribution in [0.4, 0.5) is 4.39 Å². The van der Waals surface area contributed by atoms with E-state index in [0.717, 1.165) is 29.8 Å². The van der Waals surface area contributed by atoms with Gasteiger partial charge in [0.25, 0.3) is 0 Å². The van der Waals surface area contributed by atoms with Crippen molar-refractivity contribution in [1.29, 1.82) is 0 Å². The van der Waals surface area contributed by atoms with Crippen LogP contribution in [0.3, 0.4) is 0 Å². The molecule has 114 valence electrons. The number of rotatable bonds is 6. The molecule has 1 atom stereocenters. The highest BCUT2D eigenvalue weighted by Crippen LogP contribution is 2.27. The standard InChI is InChI=1S/C16H21ClFN3/c1-4-14-12(10-21(3)20-14)15(19-5-2)9-11-7-6-8-13(18)16(11)17/h6-8,10,15,19H,4-5,9H2,1-3H3. The smallest absolute Gasteiger partial charge is 0.142 e. The van der Waals surface area contributed by atoms with Crippen LogP contribution in [-0.2, 0) is 19.9 Å². The van der Waals surface area contributed by atoms with Gasteiger partial charge < -0.3 is 5.32 Å². The van der Waals surface area contributed by atoms with Gasteiger partial charge in [0.2, 0.25) is 0 Å². The molecule has 5 heteroatoms. The first-order valence-corrected chi connectivity index (χ1v) is 7.63. The molecule has 0 amide bonds. The number of halogens is 2. The second kappa shape index (κ2) is 7.05. The van der Waals surface area contributed by atoms with Gasteiger partial charge in [0, 0.05) is 24.8 Å². The number of nitrogens with zero attached hydrogens (tertiary/aromatic N) is 2. The summed E-state index contributed by atoms with van der Waals surface area (Å²) in [6, 6.07) is 5.04. The Morgan fingerprint density at radius 3 is 2.81 bits per heavy atom. The first kappa shape index (κ1) is 16.0. The Bertz CT molecular complexity index is 610. The Labute approximate surface area is 130 Å². The average molecular weight is 310 g/mol. The lowest BCUT2D eigenvalue weighted by Gasteiger charge is -2.19. The Morgan fingerprint density at radius 2 is 2.14 bits per heavy atom. The van der Waals surface area contributed by atoms with Gasteiger partial charge in [0.1, 0.15) is 5.82 Å². The lowest BCUT2D eigenvalue weighted by Crippen LogP contribution is -2.23. The third kappa shape index (κ3) is 3.63. The normalized spacial score (nSPS) is 12.6. The number of hydrogen-bond donors (Lipinski definition) is 1. The average Bonchev–Trinajstić information content (AvgIpc) is 2.84. The molecule has 1 heterocycles. The second-order valence-electron chi connectivity index (χ2n) is 5.09. The van der Waals surface area contributed by atoms with E-state index in [-0.39, 0.29) is 16.9 Å². The Kier molecular flexibility index (Phi) is 5.37. The van der Waals surface area contributed by atoms with Crippen molar-refractivity contribution in [2.45, 2.75) is 32.7 Å². The van der Waals surface area contributed by atoms with Crippen LogP contribution in [0, 0.1) is 5.82 Å². The number of aryl methyl sites for hydroxylation is 2. The highest BCUT2D eigenvalue weighted by Gasteiger charge is 2.19. The Morgan fingerprint density at radius 1 is 1.38 bits per heavy atom. The summed E-state index contributed by atoms with van der Waals surface area (Å²) in [5.74, 6) is -0.369. The topological polar surface area (TPSA) is 29.9 Å². The van der Waals surface area contributed by atoms with Crippen molar-refractivity contribution in [1.82, 2.24) is 15.1 Å². The molecule has 3 nitrogen and oxygen atoms in total. The minimum atomic E-state index is -0.369. The first-order valence-electron chi connectivity index (χ1n) is 7.25. The monoisotopic (exact) mass is 309 g/mol. The van der Waals surface area contributed by atoms with Crippen LogP contribution in [0.1, 0.15) is 36.7 Å². The van der Waals surface area contributed by atoms with Crippen LogP contribution in [0.15, 0.2) is 24.4 Å². The largest absolute Gasteiger partial charge is 0.310 e. The van der Waals surface area contributed by atoms with E-state index in [2.05, 4.69) is 24.3 Å². The minimum Gasteiger partial charge on any atom is -0.310 e. The third-order valence-corrected chi connectivity index (χ3v) is 3.98. The summed E-state index contributed by atoms with van der Waals surface area (Å²) in [5.41, 5.74) is 3.03. The minimum absolute atomic E-state index is 0.0814. The van der Waals surface area contributed by atoms with Crippen molar-refractivity contribution in [3.8, 4) is 0 Å². The van der Waals surface area contributed by atoms with Crippen LogP contribution in [0.25, 0.3) is 0 Å². The van der Waals surface area contributed by atoms with Crippen LogP contribution in [0.2, 0.25) is 5.02 Å². The molecule has 2 rings (SSSR count). The molecule has 0 aliphatic heterocycles. The van der Waals surface area contributed by atoms with Gasteiger partial charge in [-0.3, -0.25) is 4.68 Å². The van der Waals surface area contributed by atoms with Crippen molar-refractivity contribution >= 4 is 11.6 Å². The summed E-state index contributed by atoms with van der Waals surface area (Å²) in [6.07, 6.45) is 3.54. The Balaban J connectivity index is 2.32. The molecule has 0 saturated carbocycles. The summed E-state index contributed by atoms with van der Waals surface area (Å²) >= 11 is 6.08. The van der Waals surface area contributed by atoms with Crippen molar-refractivity contribution in [2.24, 2.45) is 7.05 Å². The number of benzene rings is 1. The zero-order valence-electron chi connectivity index (χ0n) is 12.7. The highest BCUT2D eigenvalue weighted by atomic mass is 35.5. The summed E-state index contributed by atoms with van der Waals surface area (Å²) < 4.78 is 15.4. The van der Waals surface area contributed by atoms with Crippen LogP contribution in [0.5, 0.6) is 0 Å². The van der Waals surface area contributed by atoms with Crippen molar-refractivity contribution in [2.75, 3.05) is 6.54 Å². The molecular formula is C16H21ClFN3. The fraction of sp³-hybridized carbons (Fsp3) is 0.438. The van der Waals surface area contributed by atoms with Gasteiger partial charge in [-0.2, -0.15) is 5.10 Å². The molecule has 2 aromatic rings. The predicted octanol–water partition coefficient (Wildman–Crippen LogP) is 3.67. The summed E-state index contributed by atoms with van der Waals surface area (Å²) in [7, 11) is 1.92. The van der Waals surface area contributed by atoms with Gasteiger partial charge >= 0.3 is 0 Å². The zero-order chi connectivity index (χ0) is 15.4. The third-order valence-electron chi connectivity index (χ3n) is 3.55. The second-order valence-corrected chi connectivity index (χ2v) is 5.46. The molecule has 1 aromatic carbocycles. The van der Waals surface area contributed by atoms with Gasteiger partial charge in [-0.15, -0.1) is 0 Å². The molecule has 0 bridgehead atoms. The number of aromatic nitrogens is 2. The molecule has 0 radical (unpaired) electrons. The van der Waals surface area contributed by atoms with Crippen LogP contribution in [-0.4, -0.2) is 16.3 Å². The lowest BCUT2D eigenvalue weighted by atomic mass is 9.98. The molecule has 0 saturated heterocycles. The molecule has 0 aliphatic carbocycles. The zero-order valence-corrected chi connectivity index (χ0v) is 13.4. The van der Waals surface area contributed by atoms with Crippen molar-refractivity contribution in [3.63, 3.8) is 0 Å². The summed E-state index contributed by atoms with van der Waals surface area (Å²) in [6.45, 7) is 4.97. The molecule has 0 aliphatic rings. The van der Waals surface area contributed by atoms with Crippen molar-refractivity contribution in [3.05, 3.63) is 52.1 Å². The van der Waals surface area contributed by atoms with E-state index in [0.29, 0.717) is 6.42 Å². The number of likely N-dealkylation sites (N-methyl/N-ethyl adjacent to an activating group) is 1. The molecule has 1 unspecified atom stereocenters. The van der Waals surface area contributed by atoms with Gasteiger partial charge in [-0.1, -0.05) is 37.6 Å². The lowest BCUT2D eigenvalue weighted by molar-refractivity contribution is 0.543. The fourth-order valence-electron chi connectivity index (χ4n) is 2.58. The van der Waals surface area contributed by atoms with Gasteiger partial charge in [0.05, 0.1) is 10.7 Å². The van der Waals surface area contributed by atoms with E-state index in [9.17, 15) is 4.39 Å². The molecular weight excluding hydrogens is 289 g/mol. The van der Waals surface area contributed by atoms with Gasteiger partial charge in [-0.05, 0) is 31.0 Å². The maximum atomic E-state index is 13.6. The quantitative estimate of drug-likeness (QED) is 0.882. The van der Waals surface area contributed by atoms with Crippen molar-refractivity contribution < 1.29 is 4.39 Å². The molecule has 1 aromatic heterocycles. The highest BCUT2D eigenvalue weighted by molar-refractivity contribution is 6.31. The van der Waals surface area contributed by atoms with E-state index in [4.69, 9.17) is 11.6 Å². The summed E-state index contributed by atoms with van der Waals surface area (Å²) in [5, 5.41) is 8.14. The van der Waals surface area contributed by atoms with E-state index in [1.165, 1.54) is 6.07 Å². The molecule has 0 spiro atoms. The van der Waals surface area contributed by atoms with E-state index >= 15 is 0 Å². The van der Waals surface area contributed by atoms with Crippen LogP contribution >= 0.6 is 11.6 Å². The first-order chi connectivity index (χ1) is 10.1. The van der Waals surface area contributed by atoms with Crippen LogP contribution < -0.4 is 5.32 Å². The number of nitrogens with one attached hydrogen (secondary N) is 1. The molecule has 21 heavy (non-hydrogen) atoms. The summed E-state index contributed by atoms with van der Waals surface area (Å²) in [4.78, 5) is 0. The fourth-order valence-corrected chi connectivity index (χ4v) is 2.79.